The van der Waals surface area contributed by atoms with Crippen molar-refractivity contribution in [2.75, 3.05) is 0 Å². The summed E-state index contributed by atoms with van der Waals surface area (Å²) in [5.74, 6) is 0.275. The molecule has 1 aliphatic heterocycles. The van der Waals surface area contributed by atoms with Crippen LogP contribution in [0.3, 0.4) is 0 Å². The Morgan fingerprint density at radius 3 is 2.55 bits per heavy atom. The van der Waals surface area contributed by atoms with Crippen LogP contribution in [-0.4, -0.2) is 5.11 Å². The number of phenolic OH excluding ortho intramolecular Hbond substituents is 1. The number of hydrogen-bond acceptors (Lipinski definition) is 3. The molecule has 0 saturated carbocycles. The second kappa shape index (κ2) is 3.23. The molecule has 61 valence electrons. The Hall–Kier alpha value is -0.554. The molecule has 1 saturated heterocycles. The van der Waals surface area contributed by atoms with E-state index in [1.165, 1.54) is 0 Å². The quantitative estimate of drug-likeness (QED) is 0.656. The molecule has 11 heavy (non-hydrogen) atoms. The fourth-order valence-corrected chi connectivity index (χ4v) is 0.870. The third-order valence-corrected chi connectivity index (χ3v) is 1.45. The van der Waals surface area contributed by atoms with E-state index in [4.69, 9.17) is 4.84 Å². The van der Waals surface area contributed by atoms with E-state index < -0.39 is 0 Å². The van der Waals surface area contributed by atoms with E-state index in [-0.39, 0.29) is 28.8 Å². The Morgan fingerprint density at radius 1 is 1.36 bits per heavy atom. The summed E-state index contributed by atoms with van der Waals surface area (Å²) >= 11 is 0. The van der Waals surface area contributed by atoms with Gasteiger partial charge < -0.3 is 5.11 Å². The number of benzene rings is 1. The Kier molecular flexibility index (Phi) is 2.51. The van der Waals surface area contributed by atoms with Gasteiger partial charge >= 0.3 is 0 Å². The summed E-state index contributed by atoms with van der Waals surface area (Å²) in [5, 5.41) is 9.20. The number of phenols is 1. The molecule has 1 fully saturated rings. The predicted molar refractivity (Wildman–Crippen MR) is 35.1 cm³/mol. The van der Waals surface area contributed by atoms with Crippen LogP contribution in [0, 0.1) is 0 Å². The summed E-state index contributed by atoms with van der Waals surface area (Å²) < 4.78 is 0. The molecule has 1 unspecified atom stereocenters. The Bertz CT molecular complexity index is 250. The first-order valence-corrected chi connectivity index (χ1v) is 3.07. The fraction of sp³-hybridized carbons (Fsp3) is 0.143. The normalized spacial score (nSPS) is 20.5. The van der Waals surface area contributed by atoms with Crippen LogP contribution in [-0.2, 0) is 21.6 Å². The zero-order valence-electron chi connectivity index (χ0n) is 5.58. The van der Waals surface area contributed by atoms with Crippen LogP contribution in [0.5, 0.6) is 5.75 Å². The summed E-state index contributed by atoms with van der Waals surface area (Å²) in [7, 11) is 0. The molecule has 1 atom stereocenters. The molecule has 1 aliphatic rings. The number of rotatable bonds is 1. The van der Waals surface area contributed by atoms with E-state index >= 15 is 0 Å². The van der Waals surface area contributed by atoms with Gasteiger partial charge in [-0.2, -0.15) is 5.48 Å². The topological polar surface area (TPSA) is 54.7 Å². The molecule has 0 aliphatic carbocycles. The van der Waals surface area contributed by atoms with E-state index in [1.54, 1.807) is 12.1 Å². The van der Waals surface area contributed by atoms with Crippen molar-refractivity contribution >= 4 is 0 Å². The zero-order valence-corrected chi connectivity index (χ0v) is 6.62. The molecule has 0 bridgehead atoms. The second-order valence-electron chi connectivity index (χ2n) is 2.17. The molecule has 0 spiro atoms. The summed E-state index contributed by atoms with van der Waals surface area (Å²) in [5.41, 5.74) is 3.43. The minimum atomic E-state index is -0.0961. The van der Waals surface area contributed by atoms with Crippen LogP contribution >= 0.6 is 0 Å². The Balaban J connectivity index is 0.000000605. The summed E-state index contributed by atoms with van der Waals surface area (Å²) in [6.45, 7) is 0. The van der Waals surface area contributed by atoms with Crippen molar-refractivity contribution < 1.29 is 26.7 Å². The Labute approximate surface area is 74.5 Å². The maximum absolute atomic E-state index is 9.20. The molecule has 1 radical (unpaired) electrons. The summed E-state index contributed by atoms with van der Waals surface area (Å²) in [6, 6.07) is 7.10. The van der Waals surface area contributed by atoms with Crippen molar-refractivity contribution in [3.8, 4) is 5.75 Å². The van der Waals surface area contributed by atoms with E-state index in [2.05, 4.69) is 5.48 Å². The monoisotopic (exact) mass is 196 g/mol. The van der Waals surface area contributed by atoms with E-state index in [0.29, 0.717) is 0 Å². The van der Waals surface area contributed by atoms with Gasteiger partial charge in [0.2, 0.25) is 0 Å². The van der Waals surface area contributed by atoms with Crippen molar-refractivity contribution in [2.24, 2.45) is 0 Å². The molecule has 1 heterocycles. The van der Waals surface area contributed by atoms with E-state index in [0.717, 1.165) is 5.56 Å². The van der Waals surface area contributed by atoms with Crippen molar-refractivity contribution in [3.05, 3.63) is 29.8 Å². The van der Waals surface area contributed by atoms with Gasteiger partial charge in [0.1, 0.15) is 5.75 Å². The van der Waals surface area contributed by atoms with Crippen LogP contribution in [0.25, 0.3) is 0 Å². The molecule has 1 aromatic rings. The first-order valence-electron chi connectivity index (χ1n) is 3.07. The fourth-order valence-electron chi connectivity index (χ4n) is 0.870. The SMILES string of the molecule is Oc1ccccc1C1NO1.[Co]. The van der Waals surface area contributed by atoms with Crippen LogP contribution in [0.15, 0.2) is 24.3 Å². The van der Waals surface area contributed by atoms with Crippen LogP contribution in [0.4, 0.5) is 0 Å². The maximum atomic E-state index is 9.20. The van der Waals surface area contributed by atoms with Gasteiger partial charge in [-0.1, -0.05) is 18.2 Å². The first kappa shape index (κ1) is 8.54. The van der Waals surface area contributed by atoms with Gasteiger partial charge in [0.05, 0.1) is 0 Å². The summed E-state index contributed by atoms with van der Waals surface area (Å²) in [6.07, 6.45) is -0.0961. The van der Waals surface area contributed by atoms with Gasteiger partial charge in [0.25, 0.3) is 0 Å². The molecule has 4 heteroatoms. The number of aromatic hydroxyl groups is 1. The third kappa shape index (κ3) is 1.72. The Morgan fingerprint density at radius 2 is 2.00 bits per heavy atom. The van der Waals surface area contributed by atoms with E-state index in [1.807, 2.05) is 12.1 Å². The average Bonchev–Trinajstić information content (AvgIpc) is 2.71. The maximum Gasteiger partial charge on any atom is 0.180 e. The molecule has 0 amide bonds. The largest absolute Gasteiger partial charge is 0.508 e. The molecule has 1 aromatic carbocycles. The molecule has 2 N–H and O–H groups in total. The number of para-hydroxylation sites is 1. The third-order valence-electron chi connectivity index (χ3n) is 1.45. The molecule has 3 nitrogen and oxygen atoms in total. The summed E-state index contributed by atoms with van der Waals surface area (Å²) in [4.78, 5) is 4.77. The molecule has 2 rings (SSSR count). The minimum absolute atomic E-state index is 0. The smallest absolute Gasteiger partial charge is 0.180 e. The number of nitrogens with one attached hydrogen (secondary N) is 1. The minimum Gasteiger partial charge on any atom is -0.508 e. The predicted octanol–water partition coefficient (Wildman–Crippen LogP) is 0.923. The van der Waals surface area contributed by atoms with E-state index in [9.17, 15) is 5.11 Å². The van der Waals surface area contributed by atoms with Gasteiger partial charge in [-0.15, -0.1) is 0 Å². The molecular weight excluding hydrogens is 189 g/mol. The van der Waals surface area contributed by atoms with Crippen molar-refractivity contribution in [1.82, 2.24) is 5.48 Å². The van der Waals surface area contributed by atoms with Gasteiger partial charge in [0.15, 0.2) is 6.23 Å². The van der Waals surface area contributed by atoms with Crippen LogP contribution in [0.2, 0.25) is 0 Å². The van der Waals surface area contributed by atoms with Crippen molar-refractivity contribution in [1.29, 1.82) is 0 Å². The number of hydroxylamine groups is 1. The van der Waals surface area contributed by atoms with Crippen molar-refractivity contribution in [2.45, 2.75) is 6.23 Å². The zero-order chi connectivity index (χ0) is 6.97. The van der Waals surface area contributed by atoms with Crippen molar-refractivity contribution in [3.63, 3.8) is 0 Å². The average molecular weight is 196 g/mol. The standard InChI is InChI=1S/C7H7NO2.Co/c9-6-4-2-1-3-5(6)7-8-10-7;/h1-4,7-9H;. The van der Waals surface area contributed by atoms with Gasteiger partial charge in [-0.3, -0.25) is 4.84 Å². The van der Waals surface area contributed by atoms with Gasteiger partial charge in [0, 0.05) is 22.3 Å². The second-order valence-corrected chi connectivity index (χ2v) is 2.17. The molecular formula is C7H7CoNO2. The van der Waals surface area contributed by atoms with Crippen LogP contribution in [0.1, 0.15) is 11.8 Å². The molecule has 0 aromatic heterocycles. The van der Waals surface area contributed by atoms with Crippen LogP contribution < -0.4 is 5.48 Å². The number of hydrogen-bond donors (Lipinski definition) is 2. The van der Waals surface area contributed by atoms with Gasteiger partial charge in [-0.25, -0.2) is 0 Å². The first-order chi connectivity index (χ1) is 4.88. The van der Waals surface area contributed by atoms with Gasteiger partial charge in [-0.05, 0) is 6.07 Å².